The Bertz CT molecular complexity index is 1840. The summed E-state index contributed by atoms with van der Waals surface area (Å²) in [5, 5.41) is 0.657. The molecule has 1 spiro atoms. The molecule has 0 N–H and O–H groups in total. The molecular formula is C38H44ClN3O6S. The first-order chi connectivity index (χ1) is 23.7. The summed E-state index contributed by atoms with van der Waals surface area (Å²) >= 11 is 6.45. The number of fused-ring (bicyclic) bond motifs is 3. The average molecular weight is 706 g/mol. The van der Waals surface area contributed by atoms with E-state index in [0.29, 0.717) is 30.4 Å². The van der Waals surface area contributed by atoms with Crippen LogP contribution in [0.5, 0.6) is 5.75 Å². The van der Waals surface area contributed by atoms with E-state index in [1.807, 2.05) is 18.2 Å². The Morgan fingerprint density at radius 2 is 1.94 bits per heavy atom. The Morgan fingerprint density at radius 1 is 1.10 bits per heavy atom. The number of hydrogen-bond acceptors (Lipinski definition) is 9. The first-order valence-electron chi connectivity index (χ1n) is 17.3. The van der Waals surface area contributed by atoms with E-state index in [1.165, 1.54) is 36.2 Å². The lowest BCUT2D eigenvalue weighted by molar-refractivity contribution is 0.00323. The SMILES string of the molecule is COC(=O)c1ccc2c(c1)N(C[C@@H]1CC[C@H]1C(OC)C1=CC[C@H](CS(=O)(=O)c3ncccn3)CC1)CC1(CCCc3cc(Cl)ccc31)CO2. The first-order valence-corrected chi connectivity index (χ1v) is 19.3. The molecule has 1 aromatic heterocycles. The minimum atomic E-state index is -3.54. The van der Waals surface area contributed by atoms with Crippen molar-refractivity contribution < 1.29 is 27.4 Å². The Hall–Kier alpha value is -3.47. The van der Waals surface area contributed by atoms with Gasteiger partial charge < -0.3 is 19.1 Å². The van der Waals surface area contributed by atoms with Crippen LogP contribution >= 0.6 is 11.6 Å². The maximum atomic E-state index is 12.9. The molecular weight excluding hydrogens is 662 g/mol. The molecule has 0 saturated heterocycles. The van der Waals surface area contributed by atoms with Crippen molar-refractivity contribution in [3.63, 3.8) is 0 Å². The number of halogens is 1. The molecule has 2 aromatic carbocycles. The van der Waals surface area contributed by atoms with E-state index in [1.54, 1.807) is 19.2 Å². The van der Waals surface area contributed by atoms with Gasteiger partial charge in [0.15, 0.2) is 0 Å². The predicted octanol–water partition coefficient (Wildman–Crippen LogP) is 6.63. The van der Waals surface area contributed by atoms with Crippen molar-refractivity contribution in [2.24, 2.45) is 17.8 Å². The van der Waals surface area contributed by atoms with Crippen molar-refractivity contribution in [3.05, 3.63) is 88.2 Å². The quantitative estimate of drug-likeness (QED) is 0.138. The van der Waals surface area contributed by atoms with E-state index in [2.05, 4.69) is 33.1 Å². The van der Waals surface area contributed by atoms with Gasteiger partial charge in [0, 0.05) is 43.0 Å². The van der Waals surface area contributed by atoms with Crippen molar-refractivity contribution in [2.45, 2.75) is 68.0 Å². The molecule has 0 amide bonds. The van der Waals surface area contributed by atoms with Gasteiger partial charge in [-0.1, -0.05) is 23.7 Å². The third kappa shape index (κ3) is 6.84. The van der Waals surface area contributed by atoms with Gasteiger partial charge >= 0.3 is 5.97 Å². The van der Waals surface area contributed by atoms with E-state index in [0.717, 1.165) is 74.5 Å². The number of allylic oxidation sites excluding steroid dienone is 1. The van der Waals surface area contributed by atoms with Gasteiger partial charge in [0.1, 0.15) is 5.75 Å². The molecule has 4 aliphatic rings. The molecule has 9 nitrogen and oxygen atoms in total. The molecule has 49 heavy (non-hydrogen) atoms. The largest absolute Gasteiger partial charge is 0.490 e. The second kappa shape index (κ2) is 14.0. The van der Waals surface area contributed by atoms with Gasteiger partial charge in [-0.05, 0) is 122 Å². The molecule has 1 fully saturated rings. The van der Waals surface area contributed by atoms with Crippen LogP contribution in [0.2, 0.25) is 5.02 Å². The lowest BCUT2D eigenvalue weighted by Gasteiger charge is -2.47. The first kappa shape index (κ1) is 34.0. The number of anilines is 1. The second-order valence-electron chi connectivity index (χ2n) is 14.2. The maximum absolute atomic E-state index is 12.9. The third-order valence-electron chi connectivity index (χ3n) is 11.2. The topological polar surface area (TPSA) is 108 Å². The summed E-state index contributed by atoms with van der Waals surface area (Å²) in [6.45, 7) is 2.13. The zero-order chi connectivity index (χ0) is 34.2. The number of aromatic nitrogens is 2. The number of carbonyl (C=O) groups is 1. The maximum Gasteiger partial charge on any atom is 0.337 e. The third-order valence-corrected chi connectivity index (χ3v) is 13.1. The summed E-state index contributed by atoms with van der Waals surface area (Å²) in [6.07, 6.45) is 12.6. The lowest BCUT2D eigenvalue weighted by Crippen LogP contribution is -2.50. The summed E-state index contributed by atoms with van der Waals surface area (Å²) in [5.41, 5.74) is 5.07. The van der Waals surface area contributed by atoms with Crippen molar-refractivity contribution in [1.29, 1.82) is 0 Å². The van der Waals surface area contributed by atoms with Crippen molar-refractivity contribution in [2.75, 3.05) is 44.6 Å². The molecule has 11 heteroatoms. The Balaban J connectivity index is 1.12. The fraction of sp³-hybridized carbons (Fsp3) is 0.500. The average Bonchev–Trinajstić information content (AvgIpc) is 3.26. The highest BCUT2D eigenvalue weighted by atomic mass is 35.5. The minimum absolute atomic E-state index is 0.0225. The number of ether oxygens (including phenoxy) is 3. The zero-order valence-corrected chi connectivity index (χ0v) is 29.7. The second-order valence-corrected chi connectivity index (χ2v) is 16.5. The molecule has 3 aliphatic carbocycles. The molecule has 0 bridgehead atoms. The molecule has 0 radical (unpaired) electrons. The number of carbonyl (C=O) groups excluding carboxylic acids is 1. The Kier molecular flexibility index (Phi) is 9.74. The van der Waals surface area contributed by atoms with Crippen molar-refractivity contribution in [1.82, 2.24) is 9.97 Å². The van der Waals surface area contributed by atoms with E-state index in [9.17, 15) is 13.2 Å². The molecule has 1 saturated carbocycles. The smallest absolute Gasteiger partial charge is 0.337 e. The molecule has 2 heterocycles. The van der Waals surface area contributed by atoms with Gasteiger partial charge in [-0.15, -0.1) is 0 Å². The summed E-state index contributed by atoms with van der Waals surface area (Å²) in [5.74, 6) is 1.19. The van der Waals surface area contributed by atoms with Gasteiger partial charge in [-0.3, -0.25) is 0 Å². The minimum Gasteiger partial charge on any atom is -0.490 e. The number of esters is 1. The number of aryl methyl sites for hydroxylation is 1. The number of rotatable bonds is 9. The normalized spacial score (nSPS) is 25.6. The summed E-state index contributed by atoms with van der Waals surface area (Å²) in [7, 11) is -0.343. The molecule has 2 unspecified atom stereocenters. The Morgan fingerprint density at radius 3 is 2.65 bits per heavy atom. The van der Waals surface area contributed by atoms with Crippen molar-refractivity contribution >= 4 is 33.1 Å². The highest BCUT2D eigenvalue weighted by Crippen LogP contribution is 2.48. The van der Waals surface area contributed by atoms with E-state index in [-0.39, 0.29) is 34.3 Å². The van der Waals surface area contributed by atoms with Crippen LogP contribution in [0.1, 0.15) is 66.4 Å². The molecule has 3 aromatic rings. The molecule has 1 aliphatic heterocycles. The van der Waals surface area contributed by atoms with Gasteiger partial charge in [-0.25, -0.2) is 23.2 Å². The van der Waals surface area contributed by atoms with Gasteiger partial charge in [0.25, 0.3) is 0 Å². The van der Waals surface area contributed by atoms with Crippen LogP contribution in [0.15, 0.2) is 71.7 Å². The van der Waals surface area contributed by atoms with E-state index < -0.39 is 9.84 Å². The molecule has 7 rings (SSSR count). The number of benzene rings is 2. The molecule has 260 valence electrons. The van der Waals surface area contributed by atoms with Crippen LogP contribution in [-0.2, 0) is 31.1 Å². The highest BCUT2D eigenvalue weighted by molar-refractivity contribution is 7.91. The number of sulfone groups is 1. The van der Waals surface area contributed by atoms with Crippen molar-refractivity contribution in [3.8, 4) is 5.75 Å². The summed E-state index contributed by atoms with van der Waals surface area (Å²) < 4.78 is 43.8. The number of nitrogens with zero attached hydrogens (tertiary/aromatic N) is 3. The van der Waals surface area contributed by atoms with Crippen LogP contribution in [0.25, 0.3) is 0 Å². The summed E-state index contributed by atoms with van der Waals surface area (Å²) in [6, 6.07) is 13.5. The fourth-order valence-electron chi connectivity index (χ4n) is 8.61. The van der Waals surface area contributed by atoms with Gasteiger partial charge in [0.2, 0.25) is 15.0 Å². The predicted molar refractivity (Wildman–Crippen MR) is 188 cm³/mol. The van der Waals surface area contributed by atoms with Crippen LogP contribution in [0, 0.1) is 17.8 Å². The van der Waals surface area contributed by atoms with Crippen LogP contribution in [0.4, 0.5) is 5.69 Å². The standard InChI is InChI=1S/C38H44ClN3O6S/c1-46-35(26-8-6-25(7-9-26)22-49(44,45)37-40-17-4-18-41-37)31-13-10-29(31)21-42-23-38(16-3-5-27-19-30(39)12-14-32(27)38)24-48-34-15-11-28(20-33(34)42)36(43)47-2/h4,8,11-12,14-15,17-20,25,29,31,35H,3,5-7,9-10,13,16,21-24H2,1-2H3/t25-,29-,31+,35?,38?/m0/s1. The van der Waals surface area contributed by atoms with E-state index in [4.69, 9.17) is 25.8 Å². The molecule has 5 atom stereocenters. The summed E-state index contributed by atoms with van der Waals surface area (Å²) in [4.78, 5) is 23.0. The number of hydrogen-bond donors (Lipinski definition) is 0. The number of methoxy groups -OCH3 is 2. The van der Waals surface area contributed by atoms with Crippen LogP contribution in [-0.4, -0.2) is 70.1 Å². The van der Waals surface area contributed by atoms with Gasteiger partial charge in [0.05, 0.1) is 36.8 Å². The fourth-order valence-corrected chi connectivity index (χ4v) is 10.3. The highest BCUT2D eigenvalue weighted by Gasteiger charge is 2.45. The van der Waals surface area contributed by atoms with Crippen LogP contribution in [0.3, 0.4) is 0 Å². The van der Waals surface area contributed by atoms with Crippen LogP contribution < -0.4 is 9.64 Å². The van der Waals surface area contributed by atoms with E-state index >= 15 is 0 Å². The van der Waals surface area contributed by atoms with Gasteiger partial charge in [-0.2, -0.15) is 0 Å². The monoisotopic (exact) mass is 705 g/mol. The lowest BCUT2D eigenvalue weighted by atomic mass is 9.66. The zero-order valence-electron chi connectivity index (χ0n) is 28.1. The Labute approximate surface area is 293 Å².